The fourth-order valence-electron chi connectivity index (χ4n) is 1.55. The topological polar surface area (TPSA) is 63.8 Å². The summed E-state index contributed by atoms with van der Waals surface area (Å²) in [6.07, 6.45) is 0.759. The number of hydrogen-bond acceptors (Lipinski definition) is 4. The van der Waals surface area contributed by atoms with Crippen molar-refractivity contribution in [3.05, 3.63) is 40.1 Å². The molecule has 0 spiro atoms. The molecule has 3 N–H and O–H groups in total. The molecule has 0 radical (unpaired) electrons. The summed E-state index contributed by atoms with van der Waals surface area (Å²) in [7, 11) is 0. The maximum absolute atomic E-state index is 5.89. The number of benzene rings is 1. The Morgan fingerprint density at radius 2 is 2.00 bits per heavy atom. The molecule has 1 heterocycles. The van der Waals surface area contributed by atoms with Crippen molar-refractivity contribution in [1.29, 1.82) is 0 Å². The number of halogens is 1. The van der Waals surface area contributed by atoms with Crippen molar-refractivity contribution >= 4 is 33.3 Å². The highest BCUT2D eigenvalue weighted by Crippen LogP contribution is 2.27. The maximum Gasteiger partial charge on any atom is 0.139 e. The van der Waals surface area contributed by atoms with Crippen molar-refractivity contribution in [3.8, 4) is 0 Å². The lowest BCUT2D eigenvalue weighted by Gasteiger charge is -2.12. The number of nitrogens with one attached hydrogen (secondary N) is 1. The summed E-state index contributed by atoms with van der Waals surface area (Å²) in [5, 5.41) is 3.28. The third kappa shape index (κ3) is 2.61. The minimum absolute atomic E-state index is 0.524. The van der Waals surface area contributed by atoms with Gasteiger partial charge in [0.1, 0.15) is 17.5 Å². The molecule has 0 aliphatic rings. The first-order valence-corrected chi connectivity index (χ1v) is 6.55. The Hall–Kier alpha value is -1.62. The van der Waals surface area contributed by atoms with E-state index in [9.17, 15) is 0 Å². The number of anilines is 3. The molecule has 94 valence electrons. The molecular weight excluding hydrogens is 292 g/mol. The van der Waals surface area contributed by atoms with Gasteiger partial charge in [0.25, 0.3) is 0 Å². The van der Waals surface area contributed by atoms with Crippen LogP contribution in [0.2, 0.25) is 0 Å². The molecule has 0 atom stereocenters. The molecule has 1 aromatic carbocycles. The number of nitrogens with zero attached hydrogens (tertiary/aromatic N) is 2. The molecule has 0 saturated carbocycles. The Bertz CT molecular complexity index is 569. The number of aromatic nitrogens is 2. The Morgan fingerprint density at radius 1 is 1.28 bits per heavy atom. The normalized spacial score (nSPS) is 10.4. The van der Waals surface area contributed by atoms with Crippen LogP contribution in [0.15, 0.2) is 28.7 Å². The van der Waals surface area contributed by atoms with Crippen molar-refractivity contribution in [1.82, 2.24) is 9.97 Å². The van der Waals surface area contributed by atoms with Gasteiger partial charge >= 0.3 is 0 Å². The van der Waals surface area contributed by atoms with Gasteiger partial charge in [0, 0.05) is 16.5 Å². The molecule has 0 unspecified atom stereocenters. The van der Waals surface area contributed by atoms with E-state index in [-0.39, 0.29) is 0 Å². The minimum atomic E-state index is 0.524. The molecule has 0 saturated heterocycles. The average Bonchev–Trinajstić information content (AvgIpc) is 2.37. The van der Waals surface area contributed by atoms with E-state index in [1.165, 1.54) is 0 Å². The highest BCUT2D eigenvalue weighted by atomic mass is 79.9. The molecule has 0 aliphatic carbocycles. The van der Waals surface area contributed by atoms with E-state index in [0.29, 0.717) is 5.82 Å². The summed E-state index contributed by atoms with van der Waals surface area (Å²) < 4.78 is 0.986. The van der Waals surface area contributed by atoms with E-state index in [1.807, 2.05) is 38.1 Å². The van der Waals surface area contributed by atoms with Gasteiger partial charge in [-0.2, -0.15) is 0 Å². The SMILES string of the molecule is CCc1nc(N)c(C)c(Nc2ccccc2Br)n1. The summed E-state index contributed by atoms with van der Waals surface area (Å²) in [6.45, 7) is 3.92. The third-order valence-corrected chi connectivity index (χ3v) is 3.36. The van der Waals surface area contributed by atoms with Crippen molar-refractivity contribution in [2.45, 2.75) is 20.3 Å². The molecule has 1 aromatic heterocycles. The lowest BCUT2D eigenvalue weighted by atomic mass is 10.2. The summed E-state index contributed by atoms with van der Waals surface area (Å²) in [4.78, 5) is 8.70. The average molecular weight is 307 g/mol. The zero-order valence-electron chi connectivity index (χ0n) is 10.4. The molecule has 4 nitrogen and oxygen atoms in total. The van der Waals surface area contributed by atoms with Crippen LogP contribution in [0.5, 0.6) is 0 Å². The van der Waals surface area contributed by atoms with Gasteiger partial charge in [-0.15, -0.1) is 0 Å². The fourth-order valence-corrected chi connectivity index (χ4v) is 1.94. The Labute approximate surface area is 115 Å². The van der Waals surface area contributed by atoms with E-state index in [4.69, 9.17) is 5.73 Å². The van der Waals surface area contributed by atoms with E-state index in [1.54, 1.807) is 0 Å². The zero-order chi connectivity index (χ0) is 13.1. The summed E-state index contributed by atoms with van der Waals surface area (Å²) in [5.41, 5.74) is 7.71. The van der Waals surface area contributed by atoms with Gasteiger partial charge in [-0.3, -0.25) is 0 Å². The van der Waals surface area contributed by atoms with Gasteiger partial charge < -0.3 is 11.1 Å². The first-order chi connectivity index (χ1) is 8.61. The molecule has 5 heteroatoms. The Balaban J connectivity index is 2.40. The highest BCUT2D eigenvalue weighted by Gasteiger charge is 2.09. The quantitative estimate of drug-likeness (QED) is 0.912. The smallest absolute Gasteiger partial charge is 0.139 e. The second-order valence-electron chi connectivity index (χ2n) is 3.96. The molecule has 2 rings (SSSR count). The lowest BCUT2D eigenvalue weighted by molar-refractivity contribution is 0.940. The van der Waals surface area contributed by atoms with Gasteiger partial charge in [-0.25, -0.2) is 9.97 Å². The molecule has 0 bridgehead atoms. The monoisotopic (exact) mass is 306 g/mol. The predicted molar refractivity (Wildman–Crippen MR) is 78.0 cm³/mol. The number of nitrogen functional groups attached to an aromatic ring is 1. The zero-order valence-corrected chi connectivity index (χ0v) is 12.0. The standard InChI is InChI=1S/C13H15BrN4/c1-3-11-17-12(15)8(2)13(18-11)16-10-7-5-4-6-9(10)14/h4-7H,3H2,1-2H3,(H3,15,16,17,18). The first kappa shape index (κ1) is 12.8. The second-order valence-corrected chi connectivity index (χ2v) is 4.81. The molecule has 0 fully saturated rings. The van der Waals surface area contributed by atoms with Crippen LogP contribution in [0.4, 0.5) is 17.3 Å². The first-order valence-electron chi connectivity index (χ1n) is 5.76. The van der Waals surface area contributed by atoms with Crippen LogP contribution in [0.1, 0.15) is 18.3 Å². The molecule has 2 aromatic rings. The van der Waals surface area contributed by atoms with Crippen LogP contribution in [-0.2, 0) is 6.42 Å². The second kappa shape index (κ2) is 5.35. The highest BCUT2D eigenvalue weighted by molar-refractivity contribution is 9.10. The fraction of sp³-hybridized carbons (Fsp3) is 0.231. The van der Waals surface area contributed by atoms with Crippen LogP contribution in [0.3, 0.4) is 0 Å². The Kier molecular flexibility index (Phi) is 3.81. The predicted octanol–water partition coefficient (Wildman–Crippen LogP) is 3.44. The number of aryl methyl sites for hydroxylation is 1. The van der Waals surface area contributed by atoms with Crippen molar-refractivity contribution in [2.75, 3.05) is 11.1 Å². The van der Waals surface area contributed by atoms with Gasteiger partial charge in [0.05, 0.1) is 5.69 Å². The van der Waals surface area contributed by atoms with Gasteiger partial charge in [0.15, 0.2) is 0 Å². The van der Waals surface area contributed by atoms with Crippen LogP contribution < -0.4 is 11.1 Å². The van der Waals surface area contributed by atoms with Crippen LogP contribution in [-0.4, -0.2) is 9.97 Å². The maximum atomic E-state index is 5.89. The van der Waals surface area contributed by atoms with E-state index in [2.05, 4.69) is 31.2 Å². The van der Waals surface area contributed by atoms with E-state index >= 15 is 0 Å². The van der Waals surface area contributed by atoms with Crippen molar-refractivity contribution in [2.24, 2.45) is 0 Å². The van der Waals surface area contributed by atoms with Gasteiger partial charge in [-0.05, 0) is 35.0 Å². The van der Waals surface area contributed by atoms with Crippen LogP contribution >= 0.6 is 15.9 Å². The minimum Gasteiger partial charge on any atom is -0.383 e. The molecule has 18 heavy (non-hydrogen) atoms. The van der Waals surface area contributed by atoms with Gasteiger partial charge in [0.2, 0.25) is 0 Å². The van der Waals surface area contributed by atoms with Crippen LogP contribution in [0.25, 0.3) is 0 Å². The largest absolute Gasteiger partial charge is 0.383 e. The van der Waals surface area contributed by atoms with E-state index < -0.39 is 0 Å². The van der Waals surface area contributed by atoms with Gasteiger partial charge in [-0.1, -0.05) is 19.1 Å². The number of para-hydroxylation sites is 1. The molecule has 0 aliphatic heterocycles. The number of nitrogens with two attached hydrogens (primary N) is 1. The number of hydrogen-bond donors (Lipinski definition) is 2. The van der Waals surface area contributed by atoms with E-state index in [0.717, 1.165) is 33.8 Å². The third-order valence-electron chi connectivity index (χ3n) is 2.67. The van der Waals surface area contributed by atoms with Crippen LogP contribution in [0, 0.1) is 6.92 Å². The number of rotatable bonds is 3. The summed E-state index contributed by atoms with van der Waals surface area (Å²) >= 11 is 3.50. The molecular formula is C13H15BrN4. The lowest BCUT2D eigenvalue weighted by Crippen LogP contribution is -2.06. The van der Waals surface area contributed by atoms with Crippen molar-refractivity contribution in [3.63, 3.8) is 0 Å². The van der Waals surface area contributed by atoms with Crippen molar-refractivity contribution < 1.29 is 0 Å². The molecule has 0 amide bonds. The summed E-state index contributed by atoms with van der Waals surface area (Å²) in [5.74, 6) is 2.02. The summed E-state index contributed by atoms with van der Waals surface area (Å²) in [6, 6.07) is 7.89. The Morgan fingerprint density at radius 3 is 2.67 bits per heavy atom.